The van der Waals surface area contributed by atoms with Crippen molar-refractivity contribution in [3.8, 4) is 28.5 Å². The Kier molecular flexibility index (Phi) is 5.86. The molecule has 4 aromatic heterocycles. The molecule has 0 unspecified atom stereocenters. The molecule has 10 heteroatoms. The molecule has 4 heterocycles. The second-order valence-corrected chi connectivity index (χ2v) is 7.94. The van der Waals surface area contributed by atoms with Crippen molar-refractivity contribution >= 4 is 0 Å². The maximum absolute atomic E-state index is 13.6. The van der Waals surface area contributed by atoms with Gasteiger partial charge < -0.3 is 4.57 Å². The first-order valence-corrected chi connectivity index (χ1v) is 11.3. The highest BCUT2D eigenvalue weighted by Gasteiger charge is 2.18. The van der Waals surface area contributed by atoms with E-state index in [4.69, 9.17) is 0 Å². The highest BCUT2D eigenvalue weighted by molar-refractivity contribution is 5.81. The van der Waals surface area contributed by atoms with Gasteiger partial charge in [0.2, 0.25) is 11.8 Å². The van der Waals surface area contributed by atoms with Gasteiger partial charge in [-0.05, 0) is 41.3 Å². The highest BCUT2D eigenvalue weighted by atomic mass is 16.1. The zero-order chi connectivity index (χ0) is 23.5. The van der Waals surface area contributed by atoms with E-state index in [0.29, 0.717) is 18.3 Å². The topological polar surface area (TPSA) is 112 Å². The molecule has 0 bridgehead atoms. The standard InChI is InChI=1S/C24H25N9O/c1-3-7-18-16-33(23-26-12-13-31(23)4-2)24(34)32(18)15-17-14-25-11-10-19(17)20-8-5-6-9-21(20)22-27-29-30-28-22/h5-6,8-14,16H,3-4,7,15H2,1-2H3,(H,27,28,29,30). The van der Waals surface area contributed by atoms with E-state index in [2.05, 4.69) is 37.5 Å². The number of benzene rings is 1. The predicted molar refractivity (Wildman–Crippen MR) is 127 cm³/mol. The number of aromatic nitrogens is 9. The average molecular weight is 456 g/mol. The quantitative estimate of drug-likeness (QED) is 0.385. The van der Waals surface area contributed by atoms with Crippen LogP contribution in [-0.4, -0.2) is 44.3 Å². The van der Waals surface area contributed by atoms with Gasteiger partial charge in [0, 0.05) is 48.8 Å². The summed E-state index contributed by atoms with van der Waals surface area (Å²) in [6, 6.07) is 9.85. The zero-order valence-electron chi connectivity index (χ0n) is 19.1. The molecule has 0 aliphatic rings. The third-order valence-electron chi connectivity index (χ3n) is 5.85. The van der Waals surface area contributed by atoms with Crippen LogP contribution in [0.2, 0.25) is 0 Å². The number of H-pyrrole nitrogens is 1. The summed E-state index contributed by atoms with van der Waals surface area (Å²) in [7, 11) is 0. The minimum Gasteiger partial charge on any atom is -0.317 e. The average Bonchev–Trinajstić information content (AvgIpc) is 3.62. The predicted octanol–water partition coefficient (Wildman–Crippen LogP) is 3.10. The number of hydrogen-bond donors (Lipinski definition) is 1. The largest absolute Gasteiger partial charge is 0.335 e. The van der Waals surface area contributed by atoms with Gasteiger partial charge in [-0.25, -0.2) is 14.3 Å². The summed E-state index contributed by atoms with van der Waals surface area (Å²) in [5.41, 5.74) is 4.53. The van der Waals surface area contributed by atoms with Crippen LogP contribution in [0, 0.1) is 0 Å². The Morgan fingerprint density at radius 2 is 1.88 bits per heavy atom. The van der Waals surface area contributed by atoms with E-state index in [9.17, 15) is 4.79 Å². The number of nitrogens with one attached hydrogen (secondary N) is 1. The summed E-state index contributed by atoms with van der Waals surface area (Å²) < 4.78 is 5.41. The Hall–Kier alpha value is -4.34. The monoisotopic (exact) mass is 455 g/mol. The summed E-state index contributed by atoms with van der Waals surface area (Å²) in [5, 5.41) is 14.5. The van der Waals surface area contributed by atoms with Crippen molar-refractivity contribution in [1.82, 2.24) is 44.3 Å². The minimum absolute atomic E-state index is 0.120. The fourth-order valence-electron chi connectivity index (χ4n) is 4.24. The molecule has 0 atom stereocenters. The van der Waals surface area contributed by atoms with E-state index >= 15 is 0 Å². The number of rotatable bonds is 8. The van der Waals surface area contributed by atoms with Gasteiger partial charge in [-0.2, -0.15) is 5.21 Å². The van der Waals surface area contributed by atoms with Gasteiger partial charge in [0.1, 0.15) is 0 Å². The van der Waals surface area contributed by atoms with E-state index in [1.807, 2.05) is 65.0 Å². The molecule has 0 saturated carbocycles. The van der Waals surface area contributed by atoms with Crippen LogP contribution >= 0.6 is 0 Å². The van der Waals surface area contributed by atoms with E-state index in [-0.39, 0.29) is 5.69 Å². The Morgan fingerprint density at radius 1 is 1.03 bits per heavy atom. The fraction of sp³-hybridized carbons (Fsp3) is 0.250. The van der Waals surface area contributed by atoms with Crippen LogP contribution in [0.4, 0.5) is 0 Å². The number of imidazole rings is 2. The van der Waals surface area contributed by atoms with Crippen LogP contribution in [-0.2, 0) is 19.5 Å². The van der Waals surface area contributed by atoms with Gasteiger partial charge >= 0.3 is 5.69 Å². The van der Waals surface area contributed by atoms with E-state index in [0.717, 1.165) is 47.3 Å². The molecule has 0 saturated heterocycles. The first kappa shape index (κ1) is 21.5. The van der Waals surface area contributed by atoms with Crippen LogP contribution in [0.3, 0.4) is 0 Å². The molecule has 0 spiro atoms. The van der Waals surface area contributed by atoms with Crippen molar-refractivity contribution < 1.29 is 0 Å². The zero-order valence-corrected chi connectivity index (χ0v) is 19.1. The lowest BCUT2D eigenvalue weighted by Crippen LogP contribution is -2.26. The van der Waals surface area contributed by atoms with Crippen molar-refractivity contribution in [1.29, 1.82) is 0 Å². The second-order valence-electron chi connectivity index (χ2n) is 7.94. The molecule has 0 amide bonds. The normalized spacial score (nSPS) is 11.2. The third-order valence-corrected chi connectivity index (χ3v) is 5.85. The van der Waals surface area contributed by atoms with Crippen molar-refractivity contribution in [3.63, 3.8) is 0 Å². The van der Waals surface area contributed by atoms with Crippen molar-refractivity contribution in [3.05, 3.63) is 83.1 Å². The number of tetrazole rings is 1. The van der Waals surface area contributed by atoms with Gasteiger partial charge in [-0.1, -0.05) is 37.6 Å². The maximum atomic E-state index is 13.6. The Morgan fingerprint density at radius 3 is 2.65 bits per heavy atom. The third kappa shape index (κ3) is 3.83. The molecule has 0 radical (unpaired) electrons. The molecule has 5 rings (SSSR count). The molecule has 10 nitrogen and oxygen atoms in total. The summed E-state index contributed by atoms with van der Waals surface area (Å²) in [6.45, 7) is 5.26. The van der Waals surface area contributed by atoms with Gasteiger partial charge in [-0.3, -0.25) is 9.55 Å². The molecule has 34 heavy (non-hydrogen) atoms. The Balaban J connectivity index is 1.61. The van der Waals surface area contributed by atoms with Crippen LogP contribution in [0.1, 0.15) is 31.5 Å². The van der Waals surface area contributed by atoms with Crippen molar-refractivity contribution in [2.24, 2.45) is 0 Å². The summed E-state index contributed by atoms with van der Waals surface area (Å²) >= 11 is 0. The van der Waals surface area contributed by atoms with E-state index in [1.165, 1.54) is 0 Å². The highest BCUT2D eigenvalue weighted by Crippen LogP contribution is 2.32. The summed E-state index contributed by atoms with van der Waals surface area (Å²) in [5.74, 6) is 1.14. The molecule has 0 aliphatic heterocycles. The SMILES string of the molecule is CCCc1cn(-c2nccn2CC)c(=O)n1Cc1cnccc1-c1ccccc1-c1nn[nH]n1. The minimum atomic E-state index is -0.120. The van der Waals surface area contributed by atoms with Crippen molar-refractivity contribution in [2.45, 2.75) is 39.8 Å². The molecular formula is C24H25N9O. The smallest absolute Gasteiger partial charge is 0.317 e. The molecular weight excluding hydrogens is 430 g/mol. The summed E-state index contributed by atoms with van der Waals surface area (Å²) in [6.07, 6.45) is 10.8. The second kappa shape index (κ2) is 9.26. The Labute approximate surface area is 195 Å². The van der Waals surface area contributed by atoms with Crippen molar-refractivity contribution in [2.75, 3.05) is 0 Å². The number of hydrogen-bond acceptors (Lipinski definition) is 6. The molecule has 1 N–H and O–H groups in total. The molecule has 172 valence electrons. The molecule has 0 aliphatic carbocycles. The molecule has 5 aromatic rings. The Bertz CT molecular complexity index is 1460. The van der Waals surface area contributed by atoms with Gasteiger partial charge in [0.05, 0.1) is 6.54 Å². The lowest BCUT2D eigenvalue weighted by molar-refractivity contribution is 0.669. The lowest BCUT2D eigenvalue weighted by Gasteiger charge is -2.13. The molecule has 0 fully saturated rings. The lowest BCUT2D eigenvalue weighted by atomic mass is 9.96. The van der Waals surface area contributed by atoms with Gasteiger partial charge in [-0.15, -0.1) is 10.2 Å². The van der Waals surface area contributed by atoms with Gasteiger partial charge in [0.15, 0.2) is 0 Å². The van der Waals surface area contributed by atoms with Crippen LogP contribution < -0.4 is 5.69 Å². The number of pyridine rings is 1. The maximum Gasteiger partial charge on any atom is 0.335 e. The van der Waals surface area contributed by atoms with E-state index in [1.54, 1.807) is 17.0 Å². The van der Waals surface area contributed by atoms with E-state index < -0.39 is 0 Å². The van der Waals surface area contributed by atoms with Crippen LogP contribution in [0.5, 0.6) is 0 Å². The number of nitrogens with zero attached hydrogens (tertiary/aromatic N) is 8. The first-order chi connectivity index (χ1) is 16.7. The first-order valence-electron chi connectivity index (χ1n) is 11.3. The number of aryl methyl sites for hydroxylation is 2. The molecule has 1 aromatic carbocycles. The summed E-state index contributed by atoms with van der Waals surface area (Å²) in [4.78, 5) is 22.3. The van der Waals surface area contributed by atoms with Crippen LogP contribution in [0.25, 0.3) is 28.5 Å². The number of aromatic amines is 1. The van der Waals surface area contributed by atoms with Crippen LogP contribution in [0.15, 0.2) is 66.1 Å². The van der Waals surface area contributed by atoms with Gasteiger partial charge in [0.25, 0.3) is 0 Å². The fourth-order valence-corrected chi connectivity index (χ4v) is 4.24.